The molecular formula is C75H146O17P2. The van der Waals surface area contributed by atoms with E-state index in [9.17, 15) is 43.2 Å². The Kier molecular flexibility index (Phi) is 64.3. The zero-order valence-corrected chi connectivity index (χ0v) is 63.2. The molecule has 0 aromatic heterocycles. The van der Waals surface area contributed by atoms with Crippen molar-refractivity contribution in [2.75, 3.05) is 39.6 Å². The molecule has 0 rings (SSSR count). The van der Waals surface area contributed by atoms with Crippen LogP contribution >= 0.6 is 15.6 Å². The van der Waals surface area contributed by atoms with Crippen molar-refractivity contribution in [2.45, 2.75) is 401 Å². The molecule has 17 nitrogen and oxygen atoms in total. The summed E-state index contributed by atoms with van der Waals surface area (Å²) in [6.07, 6.45) is 51.4. The number of aliphatic hydroxyl groups excluding tert-OH is 1. The van der Waals surface area contributed by atoms with Crippen molar-refractivity contribution in [1.29, 1.82) is 0 Å². The number of carbonyl (C=O) groups is 4. The topological polar surface area (TPSA) is 237 Å². The largest absolute Gasteiger partial charge is 0.472 e. The van der Waals surface area contributed by atoms with Crippen molar-refractivity contribution >= 4 is 39.5 Å². The quantitative estimate of drug-likeness (QED) is 0.0222. The highest BCUT2D eigenvalue weighted by Crippen LogP contribution is 2.45. The van der Waals surface area contributed by atoms with Gasteiger partial charge in [-0.15, -0.1) is 0 Å². The molecule has 0 aliphatic heterocycles. The molecule has 0 amide bonds. The lowest BCUT2D eigenvalue weighted by Crippen LogP contribution is -2.30. The van der Waals surface area contributed by atoms with E-state index in [1.54, 1.807) is 0 Å². The van der Waals surface area contributed by atoms with Gasteiger partial charge in [-0.2, -0.15) is 0 Å². The molecule has 3 N–H and O–H groups in total. The number of ether oxygens (including phenoxy) is 4. The second-order valence-electron chi connectivity index (χ2n) is 28.5. The number of carbonyl (C=O) groups excluding carboxylic acids is 4. The second-order valence-corrected chi connectivity index (χ2v) is 31.4. The molecule has 0 saturated carbocycles. The van der Waals surface area contributed by atoms with Crippen LogP contribution in [0.25, 0.3) is 0 Å². The van der Waals surface area contributed by atoms with Crippen molar-refractivity contribution in [3.05, 3.63) is 0 Å². The first-order valence-electron chi connectivity index (χ1n) is 38.8. The van der Waals surface area contributed by atoms with Gasteiger partial charge in [-0.1, -0.05) is 331 Å². The van der Waals surface area contributed by atoms with Gasteiger partial charge in [0.1, 0.15) is 19.3 Å². The van der Waals surface area contributed by atoms with Gasteiger partial charge in [0, 0.05) is 25.7 Å². The van der Waals surface area contributed by atoms with Crippen LogP contribution in [-0.4, -0.2) is 96.7 Å². The number of rotatable bonds is 73. The van der Waals surface area contributed by atoms with E-state index in [0.29, 0.717) is 25.7 Å². The highest BCUT2D eigenvalue weighted by atomic mass is 31.2. The Morgan fingerprint density at radius 2 is 0.489 bits per heavy atom. The summed E-state index contributed by atoms with van der Waals surface area (Å²) in [5.74, 6) is 0.133. The number of unbranched alkanes of at least 4 members (excludes halogenated alkanes) is 41. The van der Waals surface area contributed by atoms with Crippen LogP contribution in [0.4, 0.5) is 0 Å². The smallest absolute Gasteiger partial charge is 0.462 e. The van der Waals surface area contributed by atoms with Gasteiger partial charge in [0.15, 0.2) is 12.2 Å². The van der Waals surface area contributed by atoms with Crippen LogP contribution in [0.15, 0.2) is 0 Å². The fourth-order valence-corrected chi connectivity index (χ4v) is 13.0. The first-order valence-corrected chi connectivity index (χ1v) is 41.8. The summed E-state index contributed by atoms with van der Waals surface area (Å²) in [6, 6.07) is 0. The predicted octanol–water partition coefficient (Wildman–Crippen LogP) is 21.8. The molecule has 0 aromatic carbocycles. The zero-order chi connectivity index (χ0) is 69.4. The normalized spacial score (nSPS) is 14.1. The van der Waals surface area contributed by atoms with E-state index in [1.807, 2.05) is 0 Å². The van der Waals surface area contributed by atoms with Gasteiger partial charge in [-0.25, -0.2) is 9.13 Å². The van der Waals surface area contributed by atoms with Crippen LogP contribution in [0.2, 0.25) is 0 Å². The van der Waals surface area contributed by atoms with Crippen LogP contribution in [0, 0.1) is 17.8 Å². The summed E-state index contributed by atoms with van der Waals surface area (Å²) in [5, 5.41) is 10.6. The first kappa shape index (κ1) is 92.1. The van der Waals surface area contributed by atoms with Crippen molar-refractivity contribution < 1.29 is 80.2 Å². The molecule has 0 aliphatic carbocycles. The highest BCUT2D eigenvalue weighted by molar-refractivity contribution is 7.47. The van der Waals surface area contributed by atoms with Gasteiger partial charge in [-0.3, -0.25) is 37.3 Å². The van der Waals surface area contributed by atoms with E-state index < -0.39 is 97.5 Å². The fourth-order valence-electron chi connectivity index (χ4n) is 11.4. The first-order chi connectivity index (χ1) is 45.2. The molecule has 0 fully saturated rings. The third-order valence-corrected chi connectivity index (χ3v) is 19.3. The monoisotopic (exact) mass is 1380 g/mol. The Hall–Kier alpha value is -1.94. The lowest BCUT2D eigenvalue weighted by Gasteiger charge is -2.21. The van der Waals surface area contributed by atoms with Gasteiger partial charge in [0.05, 0.1) is 26.4 Å². The van der Waals surface area contributed by atoms with Crippen LogP contribution < -0.4 is 0 Å². The number of esters is 4. The number of hydrogen-bond acceptors (Lipinski definition) is 15. The zero-order valence-electron chi connectivity index (χ0n) is 61.4. The molecule has 5 atom stereocenters. The van der Waals surface area contributed by atoms with Crippen molar-refractivity contribution in [2.24, 2.45) is 17.8 Å². The summed E-state index contributed by atoms with van der Waals surface area (Å²) in [7, 11) is -9.91. The average molecular weight is 1380 g/mol. The maximum atomic E-state index is 13.1. The van der Waals surface area contributed by atoms with Gasteiger partial charge < -0.3 is 33.8 Å². The third kappa shape index (κ3) is 68.6. The molecule has 0 radical (unpaired) electrons. The third-order valence-electron chi connectivity index (χ3n) is 17.4. The van der Waals surface area contributed by atoms with Crippen molar-refractivity contribution in [3.8, 4) is 0 Å². The summed E-state index contributed by atoms with van der Waals surface area (Å²) in [4.78, 5) is 72.7. The van der Waals surface area contributed by atoms with Crippen molar-refractivity contribution in [1.82, 2.24) is 0 Å². The van der Waals surface area contributed by atoms with Crippen LogP contribution in [-0.2, 0) is 65.4 Å². The molecule has 0 saturated heterocycles. The minimum Gasteiger partial charge on any atom is -0.462 e. The van der Waals surface area contributed by atoms with Crippen LogP contribution in [0.5, 0.6) is 0 Å². The van der Waals surface area contributed by atoms with Gasteiger partial charge in [0.2, 0.25) is 0 Å². The Morgan fingerprint density at radius 3 is 0.723 bits per heavy atom. The second kappa shape index (κ2) is 65.7. The molecule has 2 unspecified atom stereocenters. The lowest BCUT2D eigenvalue weighted by atomic mass is 10.0. The lowest BCUT2D eigenvalue weighted by molar-refractivity contribution is -0.161. The van der Waals surface area contributed by atoms with E-state index in [4.69, 9.17) is 37.0 Å². The summed E-state index contributed by atoms with van der Waals surface area (Å²) < 4.78 is 68.5. The molecule has 0 spiro atoms. The van der Waals surface area contributed by atoms with E-state index >= 15 is 0 Å². The average Bonchev–Trinajstić information content (AvgIpc) is 1.96. The summed E-state index contributed by atoms with van der Waals surface area (Å²) in [6.45, 7) is 11.8. The predicted molar refractivity (Wildman–Crippen MR) is 381 cm³/mol. The van der Waals surface area contributed by atoms with E-state index in [2.05, 4.69) is 48.5 Å². The Bertz CT molecular complexity index is 1840. The standard InChI is InChI=1S/C75H146O17P2/c1-8-9-10-11-12-13-14-19-23-26-35-42-49-56-72(77)85-62-70(91-74(79)58-51-44-37-27-24-21-18-16-15-17-20-22-25-32-39-46-53-66(2)3)64-89-93(81,82)87-60-69(76)61-88-94(83,84)90-65-71(92-75(80)59-52-45-38-31-29-34-41-48-55-68(6)7)63-86-73(78)57-50-43-36-30-28-33-40-47-54-67(4)5/h66-71,76H,8-65H2,1-7H3,(H,81,82)(H,83,84)/t69-,70-,71-/m1/s1. The SMILES string of the molecule is CCCCCCCCCCCCCCCC(=O)OC[C@H](COP(=O)(O)OC[C@@H](O)COP(=O)(O)OC[C@@H](COC(=O)CCCCCCCCCCC(C)C)OC(=O)CCCCCCCCCCC(C)C)OC(=O)CCCCCCCCCCCCCCCCCCC(C)C. The number of phosphoric ester groups is 2. The molecule has 0 heterocycles. The van der Waals surface area contributed by atoms with Crippen LogP contribution in [0.1, 0.15) is 382 Å². The Balaban J connectivity index is 5.23. The van der Waals surface area contributed by atoms with E-state index in [-0.39, 0.29) is 25.7 Å². The molecule has 0 bridgehead atoms. The highest BCUT2D eigenvalue weighted by Gasteiger charge is 2.30. The molecule has 94 heavy (non-hydrogen) atoms. The molecule has 558 valence electrons. The fraction of sp³-hybridized carbons (Fsp3) is 0.947. The Labute approximate surface area is 575 Å². The van der Waals surface area contributed by atoms with Gasteiger partial charge in [-0.05, 0) is 43.4 Å². The van der Waals surface area contributed by atoms with E-state index in [0.717, 1.165) is 108 Å². The molecule has 19 heteroatoms. The summed E-state index contributed by atoms with van der Waals surface area (Å²) in [5.41, 5.74) is 0. The van der Waals surface area contributed by atoms with Crippen molar-refractivity contribution in [3.63, 3.8) is 0 Å². The number of aliphatic hydroxyl groups is 1. The van der Waals surface area contributed by atoms with Gasteiger partial charge in [0.25, 0.3) is 0 Å². The molecule has 0 aromatic rings. The summed E-state index contributed by atoms with van der Waals surface area (Å²) >= 11 is 0. The molecule has 0 aliphatic rings. The van der Waals surface area contributed by atoms with E-state index in [1.165, 1.54) is 193 Å². The minimum atomic E-state index is -4.96. The van der Waals surface area contributed by atoms with Gasteiger partial charge >= 0.3 is 39.5 Å². The maximum absolute atomic E-state index is 13.1. The number of phosphoric acid groups is 2. The Morgan fingerprint density at radius 1 is 0.287 bits per heavy atom. The van der Waals surface area contributed by atoms with Crippen LogP contribution in [0.3, 0.4) is 0 Å². The number of hydrogen-bond donors (Lipinski definition) is 3. The minimum absolute atomic E-state index is 0.104. The molecular weight excluding hydrogens is 1230 g/mol. The maximum Gasteiger partial charge on any atom is 0.472 e.